The molecule has 0 spiro atoms. The first-order valence-corrected chi connectivity index (χ1v) is 6.31. The molecule has 2 rings (SSSR count). The summed E-state index contributed by atoms with van der Waals surface area (Å²) in [4.78, 5) is 11.6. The quantitative estimate of drug-likeness (QED) is 0.897. The van der Waals surface area contributed by atoms with Crippen LogP contribution >= 0.6 is 22.9 Å². The monoisotopic (exact) mass is 285 g/mol. The number of carbonyl (C=O) groups is 1. The molecule has 0 aliphatic carbocycles. The summed E-state index contributed by atoms with van der Waals surface area (Å²) in [5.41, 5.74) is 0.819. The van der Waals surface area contributed by atoms with Crippen LogP contribution in [0.4, 0.5) is 10.1 Å². The minimum Gasteiger partial charge on any atom is -0.478 e. The normalized spacial score (nSPS) is 10.3. The van der Waals surface area contributed by atoms with Gasteiger partial charge in [0.1, 0.15) is 5.82 Å². The van der Waals surface area contributed by atoms with Gasteiger partial charge in [-0.1, -0.05) is 11.6 Å². The Morgan fingerprint density at radius 2 is 2.17 bits per heavy atom. The first kappa shape index (κ1) is 12.9. The number of hydrogen-bond acceptors (Lipinski definition) is 3. The molecule has 18 heavy (non-hydrogen) atoms. The largest absolute Gasteiger partial charge is 0.478 e. The summed E-state index contributed by atoms with van der Waals surface area (Å²) >= 11 is 7.06. The molecule has 0 aliphatic rings. The van der Waals surface area contributed by atoms with Crippen LogP contribution in [0.25, 0.3) is 0 Å². The maximum atomic E-state index is 13.1. The summed E-state index contributed by atoms with van der Waals surface area (Å²) in [7, 11) is 0. The lowest BCUT2D eigenvalue weighted by Crippen LogP contribution is -1.98. The van der Waals surface area contributed by atoms with E-state index in [1.165, 1.54) is 23.5 Å². The highest BCUT2D eigenvalue weighted by Gasteiger charge is 2.06. The van der Waals surface area contributed by atoms with E-state index in [0.717, 1.165) is 4.88 Å². The molecule has 1 aromatic heterocycles. The van der Waals surface area contributed by atoms with Gasteiger partial charge in [0.2, 0.25) is 0 Å². The maximum absolute atomic E-state index is 13.1. The summed E-state index contributed by atoms with van der Waals surface area (Å²) in [5.74, 6) is -1.37. The molecule has 1 aromatic carbocycles. The van der Waals surface area contributed by atoms with Gasteiger partial charge in [0.05, 0.1) is 5.56 Å². The lowest BCUT2D eigenvalue weighted by Gasteiger charge is -2.05. The molecule has 0 saturated heterocycles. The number of aromatic carboxylic acids is 1. The minimum absolute atomic E-state index is 0.258. The Kier molecular flexibility index (Phi) is 3.84. The summed E-state index contributed by atoms with van der Waals surface area (Å²) in [6.07, 6.45) is 0. The molecule has 0 amide bonds. The molecule has 3 nitrogen and oxygen atoms in total. The predicted molar refractivity (Wildman–Crippen MR) is 70.0 cm³/mol. The van der Waals surface area contributed by atoms with Gasteiger partial charge in [-0.25, -0.2) is 9.18 Å². The highest BCUT2D eigenvalue weighted by Crippen LogP contribution is 2.20. The molecule has 0 aliphatic heterocycles. The zero-order chi connectivity index (χ0) is 13.1. The first-order valence-electron chi connectivity index (χ1n) is 5.05. The molecule has 0 unspecified atom stereocenters. The molecular formula is C12H9ClFNO2S. The van der Waals surface area contributed by atoms with Crippen molar-refractivity contribution in [2.45, 2.75) is 6.54 Å². The molecule has 0 saturated carbocycles. The van der Waals surface area contributed by atoms with Gasteiger partial charge in [0, 0.05) is 27.5 Å². The SMILES string of the molecule is O=C(O)c1csc(CNc2cc(F)cc(Cl)c2)c1. The van der Waals surface area contributed by atoms with E-state index < -0.39 is 11.8 Å². The van der Waals surface area contributed by atoms with E-state index in [1.54, 1.807) is 17.5 Å². The van der Waals surface area contributed by atoms with Gasteiger partial charge in [-0.05, 0) is 24.3 Å². The van der Waals surface area contributed by atoms with Crippen LogP contribution in [0.15, 0.2) is 29.6 Å². The third-order valence-corrected chi connectivity index (χ3v) is 3.38. The summed E-state index contributed by atoms with van der Waals surface area (Å²) < 4.78 is 13.1. The lowest BCUT2D eigenvalue weighted by molar-refractivity contribution is 0.0697. The minimum atomic E-state index is -0.953. The highest BCUT2D eigenvalue weighted by atomic mass is 35.5. The molecular weight excluding hydrogens is 277 g/mol. The van der Waals surface area contributed by atoms with Gasteiger partial charge >= 0.3 is 5.97 Å². The number of anilines is 1. The topological polar surface area (TPSA) is 49.3 Å². The van der Waals surface area contributed by atoms with Crippen LogP contribution in [-0.2, 0) is 6.54 Å². The third-order valence-electron chi connectivity index (χ3n) is 2.23. The van der Waals surface area contributed by atoms with E-state index in [9.17, 15) is 9.18 Å². The zero-order valence-electron chi connectivity index (χ0n) is 9.11. The number of nitrogens with one attached hydrogen (secondary N) is 1. The lowest BCUT2D eigenvalue weighted by atomic mass is 10.3. The molecule has 0 bridgehead atoms. The van der Waals surface area contributed by atoms with Gasteiger partial charge in [-0.2, -0.15) is 0 Å². The maximum Gasteiger partial charge on any atom is 0.336 e. The van der Waals surface area contributed by atoms with Crippen LogP contribution in [0.1, 0.15) is 15.2 Å². The van der Waals surface area contributed by atoms with Crippen molar-refractivity contribution in [3.63, 3.8) is 0 Å². The van der Waals surface area contributed by atoms with Gasteiger partial charge in [-0.15, -0.1) is 11.3 Å². The van der Waals surface area contributed by atoms with E-state index in [2.05, 4.69) is 5.32 Å². The Morgan fingerprint density at radius 3 is 2.78 bits per heavy atom. The van der Waals surface area contributed by atoms with E-state index in [4.69, 9.17) is 16.7 Å². The Balaban J connectivity index is 2.04. The molecule has 0 fully saturated rings. The number of carboxylic acid groups (broad SMARTS) is 1. The number of carboxylic acids is 1. The van der Waals surface area contributed by atoms with Crippen LogP contribution in [-0.4, -0.2) is 11.1 Å². The second-order valence-corrected chi connectivity index (χ2v) is 5.05. The molecule has 1 heterocycles. The average Bonchev–Trinajstić information content (AvgIpc) is 2.73. The van der Waals surface area contributed by atoms with Gasteiger partial charge in [-0.3, -0.25) is 0 Å². The molecule has 2 aromatic rings. The molecule has 0 radical (unpaired) electrons. The third kappa shape index (κ3) is 3.21. The predicted octanol–water partition coefficient (Wildman–Crippen LogP) is 3.85. The van der Waals surface area contributed by atoms with E-state index in [-0.39, 0.29) is 5.56 Å². The average molecular weight is 286 g/mol. The van der Waals surface area contributed by atoms with Gasteiger partial charge in [0.25, 0.3) is 0 Å². The van der Waals surface area contributed by atoms with Crippen molar-refractivity contribution in [2.24, 2.45) is 0 Å². The smallest absolute Gasteiger partial charge is 0.336 e. The van der Waals surface area contributed by atoms with Gasteiger partial charge < -0.3 is 10.4 Å². The van der Waals surface area contributed by atoms with Crippen LogP contribution in [0.3, 0.4) is 0 Å². The second kappa shape index (κ2) is 5.37. The summed E-state index contributed by atoms with van der Waals surface area (Å²) in [6.45, 7) is 0.428. The van der Waals surface area contributed by atoms with Crippen LogP contribution in [0.5, 0.6) is 0 Å². The van der Waals surface area contributed by atoms with Crippen molar-refractivity contribution in [3.8, 4) is 0 Å². The van der Waals surface area contributed by atoms with Crippen LogP contribution in [0, 0.1) is 5.82 Å². The number of halogens is 2. The Labute approximate surface area is 112 Å². The molecule has 2 N–H and O–H groups in total. The standard InChI is InChI=1S/C12H9ClFNO2S/c13-8-2-9(14)4-10(3-8)15-5-11-1-7(6-18-11)12(16)17/h1-4,6,15H,5H2,(H,16,17). The highest BCUT2D eigenvalue weighted by molar-refractivity contribution is 7.10. The zero-order valence-corrected chi connectivity index (χ0v) is 10.7. The number of rotatable bonds is 4. The number of hydrogen-bond donors (Lipinski definition) is 2. The molecule has 0 atom stereocenters. The van der Waals surface area contributed by atoms with Crippen molar-refractivity contribution in [1.29, 1.82) is 0 Å². The van der Waals surface area contributed by atoms with E-state index in [0.29, 0.717) is 17.3 Å². The van der Waals surface area contributed by atoms with Crippen LogP contribution in [0.2, 0.25) is 5.02 Å². The fourth-order valence-corrected chi connectivity index (χ4v) is 2.45. The van der Waals surface area contributed by atoms with Crippen molar-refractivity contribution >= 4 is 34.6 Å². The second-order valence-electron chi connectivity index (χ2n) is 3.62. The Hall–Kier alpha value is -1.59. The fourth-order valence-electron chi connectivity index (χ4n) is 1.43. The Morgan fingerprint density at radius 1 is 1.39 bits per heavy atom. The van der Waals surface area contributed by atoms with Crippen molar-refractivity contribution in [1.82, 2.24) is 0 Å². The van der Waals surface area contributed by atoms with Crippen molar-refractivity contribution in [3.05, 3.63) is 50.9 Å². The van der Waals surface area contributed by atoms with E-state index >= 15 is 0 Å². The molecule has 6 heteroatoms. The van der Waals surface area contributed by atoms with Crippen molar-refractivity contribution < 1.29 is 14.3 Å². The fraction of sp³-hybridized carbons (Fsp3) is 0.0833. The Bertz CT molecular complexity index is 565. The summed E-state index contributed by atoms with van der Waals surface area (Å²) in [5, 5.41) is 13.6. The number of benzene rings is 1. The van der Waals surface area contributed by atoms with Gasteiger partial charge in [0.15, 0.2) is 0 Å². The summed E-state index contributed by atoms with van der Waals surface area (Å²) in [6, 6.07) is 5.75. The molecule has 94 valence electrons. The first-order chi connectivity index (χ1) is 8.54. The van der Waals surface area contributed by atoms with Crippen LogP contribution < -0.4 is 5.32 Å². The van der Waals surface area contributed by atoms with E-state index in [1.807, 2.05) is 0 Å². The van der Waals surface area contributed by atoms with Crippen molar-refractivity contribution in [2.75, 3.05) is 5.32 Å². The number of thiophene rings is 1.